The number of benzene rings is 2. The fraction of sp³-hybridized carbons (Fsp3) is 0.364. The van der Waals surface area contributed by atoms with E-state index in [0.717, 1.165) is 5.75 Å². The third-order valence-electron chi connectivity index (χ3n) is 5.04. The number of rotatable bonds is 6. The summed E-state index contributed by atoms with van der Waals surface area (Å²) in [6, 6.07) is 14.3. The van der Waals surface area contributed by atoms with Crippen LogP contribution in [-0.4, -0.2) is 42.9 Å². The van der Waals surface area contributed by atoms with Gasteiger partial charge < -0.3 is 14.4 Å². The summed E-state index contributed by atoms with van der Waals surface area (Å²) in [4.78, 5) is 27.2. The number of piperidine rings is 1. The van der Waals surface area contributed by atoms with E-state index in [9.17, 15) is 9.59 Å². The zero-order valence-corrected chi connectivity index (χ0v) is 16.8. The van der Waals surface area contributed by atoms with Gasteiger partial charge in [-0.05, 0) is 56.2 Å². The predicted octanol–water partition coefficient (Wildman–Crippen LogP) is 4.24. The van der Waals surface area contributed by atoms with Gasteiger partial charge in [0.2, 0.25) is 0 Å². The first-order valence-electron chi connectivity index (χ1n) is 9.38. The quantitative estimate of drug-likeness (QED) is 0.679. The van der Waals surface area contributed by atoms with Crippen molar-refractivity contribution in [3.8, 4) is 11.5 Å². The van der Waals surface area contributed by atoms with Crippen LogP contribution in [0.1, 0.15) is 30.1 Å². The summed E-state index contributed by atoms with van der Waals surface area (Å²) in [5, 5.41) is 0.478. The highest BCUT2D eigenvalue weighted by Crippen LogP contribution is 2.26. The molecule has 1 heterocycles. The number of hydrogen-bond donors (Lipinski definition) is 0. The molecule has 2 aromatic carbocycles. The van der Waals surface area contributed by atoms with Crippen molar-refractivity contribution >= 4 is 23.3 Å². The fourth-order valence-electron chi connectivity index (χ4n) is 3.39. The molecule has 1 fully saturated rings. The van der Waals surface area contributed by atoms with E-state index < -0.39 is 6.10 Å². The molecule has 0 aromatic heterocycles. The van der Waals surface area contributed by atoms with E-state index in [1.807, 2.05) is 12.1 Å². The van der Waals surface area contributed by atoms with Gasteiger partial charge in [-0.25, -0.2) is 0 Å². The Labute approximate surface area is 170 Å². The van der Waals surface area contributed by atoms with Gasteiger partial charge in [0.15, 0.2) is 11.9 Å². The fourth-order valence-corrected chi connectivity index (χ4v) is 3.57. The largest absolute Gasteiger partial charge is 0.497 e. The molecule has 5 nitrogen and oxygen atoms in total. The van der Waals surface area contributed by atoms with Crippen molar-refractivity contribution in [1.29, 1.82) is 0 Å². The Kier molecular flexibility index (Phi) is 6.57. The summed E-state index contributed by atoms with van der Waals surface area (Å²) in [5.41, 5.74) is 0.681. The second-order valence-electron chi connectivity index (χ2n) is 6.88. The molecule has 0 radical (unpaired) electrons. The van der Waals surface area contributed by atoms with Gasteiger partial charge in [0.1, 0.15) is 11.5 Å². The Balaban J connectivity index is 1.54. The first-order valence-corrected chi connectivity index (χ1v) is 9.75. The summed E-state index contributed by atoms with van der Waals surface area (Å²) >= 11 is 6.09. The van der Waals surface area contributed by atoms with Gasteiger partial charge in [0.25, 0.3) is 5.91 Å². The number of amides is 1. The van der Waals surface area contributed by atoms with Gasteiger partial charge >= 0.3 is 0 Å². The smallest absolute Gasteiger partial charge is 0.263 e. The normalized spacial score (nSPS) is 15.8. The zero-order valence-electron chi connectivity index (χ0n) is 16.1. The van der Waals surface area contributed by atoms with Crippen LogP contribution in [-0.2, 0) is 4.79 Å². The van der Waals surface area contributed by atoms with Crippen LogP contribution >= 0.6 is 11.6 Å². The number of likely N-dealkylation sites (tertiary alicyclic amines) is 1. The molecule has 1 saturated heterocycles. The number of nitrogens with zero attached hydrogens (tertiary/aromatic N) is 1. The number of methoxy groups -OCH3 is 1. The van der Waals surface area contributed by atoms with Crippen molar-refractivity contribution in [3.05, 3.63) is 59.1 Å². The zero-order chi connectivity index (χ0) is 20.1. The molecule has 28 heavy (non-hydrogen) atoms. The van der Waals surface area contributed by atoms with Crippen LogP contribution in [0.25, 0.3) is 0 Å². The van der Waals surface area contributed by atoms with Crippen LogP contribution in [0.15, 0.2) is 48.5 Å². The number of ketones is 1. The summed E-state index contributed by atoms with van der Waals surface area (Å²) in [6.07, 6.45) is 0.666. The van der Waals surface area contributed by atoms with Crippen molar-refractivity contribution < 1.29 is 19.1 Å². The van der Waals surface area contributed by atoms with Crippen LogP contribution in [0.3, 0.4) is 0 Å². The highest BCUT2D eigenvalue weighted by molar-refractivity contribution is 6.32. The Morgan fingerprint density at radius 2 is 1.71 bits per heavy atom. The molecule has 0 aliphatic carbocycles. The predicted molar refractivity (Wildman–Crippen MR) is 108 cm³/mol. The van der Waals surface area contributed by atoms with Crippen molar-refractivity contribution in [1.82, 2.24) is 4.90 Å². The van der Waals surface area contributed by atoms with Gasteiger partial charge in [-0.15, -0.1) is 0 Å². The van der Waals surface area contributed by atoms with Crippen LogP contribution < -0.4 is 9.47 Å². The van der Waals surface area contributed by atoms with E-state index in [4.69, 9.17) is 21.1 Å². The lowest BCUT2D eigenvalue weighted by molar-refractivity contribution is -0.139. The molecule has 1 amide bonds. The number of carbonyl (C=O) groups excluding carboxylic acids is 2. The minimum Gasteiger partial charge on any atom is -0.497 e. The maximum Gasteiger partial charge on any atom is 0.263 e. The third-order valence-corrected chi connectivity index (χ3v) is 5.35. The van der Waals surface area contributed by atoms with E-state index in [-0.39, 0.29) is 17.6 Å². The Hall–Kier alpha value is -2.53. The van der Waals surface area contributed by atoms with E-state index >= 15 is 0 Å². The average Bonchev–Trinajstić information content (AvgIpc) is 2.74. The first-order chi connectivity index (χ1) is 13.5. The van der Waals surface area contributed by atoms with Gasteiger partial charge in [-0.2, -0.15) is 0 Å². The summed E-state index contributed by atoms with van der Waals surface area (Å²) in [7, 11) is 1.60. The molecular weight excluding hydrogens is 378 g/mol. The number of halogens is 1. The molecule has 1 atom stereocenters. The highest BCUT2D eigenvalue weighted by Gasteiger charge is 2.30. The highest BCUT2D eigenvalue weighted by atomic mass is 35.5. The number of ether oxygens (including phenoxy) is 2. The van der Waals surface area contributed by atoms with Crippen molar-refractivity contribution in [3.63, 3.8) is 0 Å². The number of Topliss-reactive ketones (excluding diaryl/α,β-unsaturated/α-hetero) is 1. The van der Waals surface area contributed by atoms with Gasteiger partial charge in [-0.3, -0.25) is 9.59 Å². The second-order valence-corrected chi connectivity index (χ2v) is 7.29. The molecule has 0 saturated carbocycles. The van der Waals surface area contributed by atoms with Crippen molar-refractivity contribution in [2.75, 3.05) is 20.2 Å². The van der Waals surface area contributed by atoms with Crippen LogP contribution in [0.4, 0.5) is 0 Å². The van der Waals surface area contributed by atoms with Crippen LogP contribution in [0, 0.1) is 5.92 Å². The summed E-state index contributed by atoms with van der Waals surface area (Å²) in [6.45, 7) is 2.81. The first kappa shape index (κ1) is 20.2. The molecule has 6 heteroatoms. The van der Waals surface area contributed by atoms with E-state index in [1.54, 1.807) is 55.3 Å². The van der Waals surface area contributed by atoms with Crippen LogP contribution in [0.5, 0.6) is 11.5 Å². The van der Waals surface area contributed by atoms with E-state index in [2.05, 4.69) is 0 Å². The molecule has 1 aliphatic rings. The lowest BCUT2D eigenvalue weighted by Gasteiger charge is -2.33. The van der Waals surface area contributed by atoms with Gasteiger partial charge in [-0.1, -0.05) is 23.7 Å². The molecule has 2 aromatic rings. The maximum atomic E-state index is 12.7. The van der Waals surface area contributed by atoms with E-state index in [1.165, 1.54) is 0 Å². The molecule has 0 bridgehead atoms. The Bertz CT molecular complexity index is 829. The van der Waals surface area contributed by atoms with Gasteiger partial charge in [0.05, 0.1) is 12.1 Å². The minimum absolute atomic E-state index is 0.0720. The Morgan fingerprint density at radius 3 is 2.32 bits per heavy atom. The molecular formula is C22H24ClNO4. The summed E-state index contributed by atoms with van der Waals surface area (Å²) < 4.78 is 10.9. The lowest BCUT2D eigenvalue weighted by Crippen LogP contribution is -2.45. The van der Waals surface area contributed by atoms with Gasteiger partial charge in [0, 0.05) is 24.6 Å². The molecule has 3 rings (SSSR count). The minimum atomic E-state index is -0.631. The number of carbonyl (C=O) groups is 2. The lowest BCUT2D eigenvalue weighted by atomic mass is 9.88. The molecule has 148 valence electrons. The second kappa shape index (κ2) is 9.11. The molecule has 0 spiro atoms. The molecule has 1 aliphatic heterocycles. The van der Waals surface area contributed by atoms with E-state index in [0.29, 0.717) is 42.3 Å². The average molecular weight is 402 g/mol. The Morgan fingerprint density at radius 1 is 1.07 bits per heavy atom. The molecule has 1 unspecified atom stereocenters. The van der Waals surface area contributed by atoms with Crippen molar-refractivity contribution in [2.24, 2.45) is 5.92 Å². The topological polar surface area (TPSA) is 55.8 Å². The monoisotopic (exact) mass is 401 g/mol. The number of hydrogen-bond acceptors (Lipinski definition) is 4. The maximum absolute atomic E-state index is 12.7. The number of para-hydroxylation sites is 1. The third kappa shape index (κ3) is 4.65. The SMILES string of the molecule is COc1ccc(C(=O)C2CCN(C(=O)C(C)Oc3ccccc3Cl)CC2)cc1. The van der Waals surface area contributed by atoms with Crippen molar-refractivity contribution in [2.45, 2.75) is 25.9 Å². The van der Waals surface area contributed by atoms with Crippen LogP contribution in [0.2, 0.25) is 5.02 Å². The summed E-state index contributed by atoms with van der Waals surface area (Å²) in [5.74, 6) is 1.18. The standard InChI is InChI=1S/C22H24ClNO4/c1-15(28-20-6-4-3-5-19(20)23)22(26)24-13-11-17(12-14-24)21(25)16-7-9-18(27-2)10-8-16/h3-10,15,17H,11-14H2,1-2H3. The molecule has 0 N–H and O–H groups in total.